The van der Waals surface area contributed by atoms with Crippen LogP contribution < -0.4 is 0 Å². The van der Waals surface area contributed by atoms with Gasteiger partial charge in [0.05, 0.1) is 5.75 Å². The standard InChI is InChI=1S/C15H25FO10S3/c1-7-11(26-12(17)10(2)3)15(4,16)13(18)25-8-9-29(23,24)14(27(5,19)20)28(6,21)22/h11,14H,2,7-9H2,1,3-6H3. The SMILES string of the molecule is C=C(C)C(=O)OC(CC)C(C)(F)C(=O)OCCS(=O)(=O)C(S(C)(=O)=O)S(C)(=O)=O. The van der Waals surface area contributed by atoms with Crippen molar-refractivity contribution >= 4 is 41.5 Å². The van der Waals surface area contributed by atoms with Crippen molar-refractivity contribution < 1.29 is 48.7 Å². The van der Waals surface area contributed by atoms with E-state index in [1.807, 2.05) is 0 Å². The second-order valence-electron chi connectivity index (χ2n) is 6.61. The summed E-state index contributed by atoms with van der Waals surface area (Å²) in [6.45, 7) is 5.82. The Morgan fingerprint density at radius 2 is 1.52 bits per heavy atom. The Balaban J connectivity index is 5.35. The number of carbonyl (C=O) groups excluding carboxylic acids is 2. The monoisotopic (exact) mass is 480 g/mol. The molecule has 29 heavy (non-hydrogen) atoms. The lowest BCUT2D eigenvalue weighted by Crippen LogP contribution is -2.47. The fourth-order valence-corrected chi connectivity index (χ4v) is 10.2. The Bertz CT molecular complexity index is 930. The van der Waals surface area contributed by atoms with Crippen molar-refractivity contribution in [2.75, 3.05) is 24.9 Å². The number of rotatable bonds is 11. The van der Waals surface area contributed by atoms with Crippen LogP contribution in [0.2, 0.25) is 0 Å². The number of sulfone groups is 3. The largest absolute Gasteiger partial charge is 0.462 e. The van der Waals surface area contributed by atoms with Crippen molar-refractivity contribution in [1.82, 2.24) is 0 Å². The van der Waals surface area contributed by atoms with E-state index >= 15 is 0 Å². The quantitative estimate of drug-likeness (QED) is 0.290. The third-order valence-corrected chi connectivity index (χ3v) is 12.2. The summed E-state index contributed by atoms with van der Waals surface area (Å²) in [4.78, 5) is 23.6. The lowest BCUT2D eigenvalue weighted by atomic mass is 9.99. The van der Waals surface area contributed by atoms with E-state index < -0.39 is 69.5 Å². The molecular weight excluding hydrogens is 455 g/mol. The van der Waals surface area contributed by atoms with Crippen molar-refractivity contribution in [3.8, 4) is 0 Å². The van der Waals surface area contributed by atoms with E-state index in [0.29, 0.717) is 12.5 Å². The molecule has 0 N–H and O–H groups in total. The van der Waals surface area contributed by atoms with E-state index in [1.54, 1.807) is 0 Å². The first-order chi connectivity index (χ1) is 12.8. The Labute approximate surface area is 170 Å². The van der Waals surface area contributed by atoms with E-state index in [1.165, 1.54) is 13.8 Å². The molecule has 0 saturated heterocycles. The Morgan fingerprint density at radius 1 is 1.07 bits per heavy atom. The van der Waals surface area contributed by atoms with Gasteiger partial charge in [0.1, 0.15) is 12.7 Å². The van der Waals surface area contributed by atoms with Gasteiger partial charge in [-0.2, -0.15) is 0 Å². The van der Waals surface area contributed by atoms with E-state index in [4.69, 9.17) is 4.74 Å². The maximum absolute atomic E-state index is 14.8. The molecule has 0 fully saturated rings. The van der Waals surface area contributed by atoms with Crippen molar-refractivity contribution in [3.63, 3.8) is 0 Å². The number of halogens is 1. The third kappa shape index (κ3) is 7.66. The molecule has 0 aromatic heterocycles. The molecule has 0 bridgehead atoms. The highest BCUT2D eigenvalue weighted by Crippen LogP contribution is 2.24. The molecule has 2 unspecified atom stereocenters. The minimum absolute atomic E-state index is 0.0358. The van der Waals surface area contributed by atoms with E-state index in [2.05, 4.69) is 11.3 Å². The highest BCUT2D eigenvalue weighted by atomic mass is 32.3. The molecule has 0 spiro atoms. The van der Waals surface area contributed by atoms with Crippen LogP contribution in [-0.2, 0) is 48.6 Å². The minimum atomic E-state index is -4.81. The number of ether oxygens (including phenoxy) is 2. The molecule has 0 radical (unpaired) electrons. The molecule has 0 aliphatic carbocycles. The first kappa shape index (κ1) is 27.5. The smallest absolute Gasteiger partial charge is 0.347 e. The van der Waals surface area contributed by atoms with Gasteiger partial charge in [-0.25, -0.2) is 39.2 Å². The summed E-state index contributed by atoms with van der Waals surface area (Å²) in [7, 11) is -13.9. The van der Waals surface area contributed by atoms with Gasteiger partial charge in [-0.15, -0.1) is 0 Å². The van der Waals surface area contributed by atoms with Crippen LogP contribution in [0.5, 0.6) is 0 Å². The third-order valence-electron chi connectivity index (χ3n) is 3.57. The number of hydrogen-bond donors (Lipinski definition) is 0. The first-order valence-corrected chi connectivity index (χ1v) is 13.7. The van der Waals surface area contributed by atoms with Crippen LogP contribution in [0, 0.1) is 0 Å². The summed E-state index contributed by atoms with van der Waals surface area (Å²) < 4.78 is 92.1. The van der Waals surface area contributed by atoms with Crippen LogP contribution in [0.4, 0.5) is 4.39 Å². The molecule has 0 heterocycles. The second-order valence-corrected chi connectivity index (χ2v) is 14.0. The van der Waals surface area contributed by atoms with Crippen molar-refractivity contribution in [2.24, 2.45) is 0 Å². The molecule has 2 atom stereocenters. The van der Waals surface area contributed by atoms with Crippen LogP contribution in [-0.4, -0.2) is 77.8 Å². The van der Waals surface area contributed by atoms with Gasteiger partial charge in [0.15, 0.2) is 29.5 Å². The number of esters is 2. The summed E-state index contributed by atoms with van der Waals surface area (Å²) >= 11 is 0. The molecule has 0 saturated carbocycles. The average Bonchev–Trinajstić information content (AvgIpc) is 2.47. The van der Waals surface area contributed by atoms with E-state index in [-0.39, 0.29) is 12.0 Å². The maximum Gasteiger partial charge on any atom is 0.347 e. The van der Waals surface area contributed by atoms with Crippen molar-refractivity contribution in [3.05, 3.63) is 12.2 Å². The molecule has 0 aliphatic heterocycles. The molecule has 0 amide bonds. The van der Waals surface area contributed by atoms with Crippen LogP contribution >= 0.6 is 0 Å². The molecule has 0 aromatic carbocycles. The van der Waals surface area contributed by atoms with Gasteiger partial charge in [0.25, 0.3) is 3.91 Å². The summed E-state index contributed by atoms with van der Waals surface area (Å²) in [6.07, 6.45) is -0.815. The second kappa shape index (κ2) is 9.51. The molecule has 170 valence electrons. The molecule has 14 heteroatoms. The highest BCUT2D eigenvalue weighted by Gasteiger charge is 2.46. The van der Waals surface area contributed by atoms with Crippen LogP contribution in [0.1, 0.15) is 27.2 Å². The molecule has 0 aromatic rings. The first-order valence-electron chi connectivity index (χ1n) is 8.10. The predicted octanol–water partition coefficient (Wildman–Crippen LogP) is -0.0567. The van der Waals surface area contributed by atoms with Crippen LogP contribution in [0.3, 0.4) is 0 Å². The molecule has 0 rings (SSSR count). The fourth-order valence-electron chi connectivity index (χ4n) is 2.28. The summed E-state index contributed by atoms with van der Waals surface area (Å²) in [5.74, 6) is -3.69. The lowest BCUT2D eigenvalue weighted by Gasteiger charge is -2.27. The summed E-state index contributed by atoms with van der Waals surface area (Å²) in [5, 5.41) is 0. The van der Waals surface area contributed by atoms with Crippen molar-refractivity contribution in [2.45, 2.75) is 42.9 Å². The van der Waals surface area contributed by atoms with E-state index in [0.717, 1.165) is 6.92 Å². The normalized spacial score (nSPS) is 16.0. The maximum atomic E-state index is 14.8. The Morgan fingerprint density at radius 3 is 1.86 bits per heavy atom. The number of carbonyl (C=O) groups is 2. The zero-order valence-corrected chi connectivity index (χ0v) is 19.1. The minimum Gasteiger partial charge on any atom is -0.462 e. The lowest BCUT2D eigenvalue weighted by molar-refractivity contribution is -0.172. The summed E-state index contributed by atoms with van der Waals surface area (Å²) in [5.41, 5.74) is -2.89. The topological polar surface area (TPSA) is 155 Å². The summed E-state index contributed by atoms with van der Waals surface area (Å²) in [6, 6.07) is 0. The highest BCUT2D eigenvalue weighted by molar-refractivity contribution is 8.23. The number of hydrogen-bond acceptors (Lipinski definition) is 10. The van der Waals surface area contributed by atoms with Gasteiger partial charge < -0.3 is 9.47 Å². The average molecular weight is 481 g/mol. The molecular formula is C15H25FO10S3. The zero-order chi connectivity index (χ0) is 23.4. The van der Waals surface area contributed by atoms with Gasteiger partial charge >= 0.3 is 11.9 Å². The predicted molar refractivity (Wildman–Crippen MR) is 103 cm³/mol. The molecule has 10 nitrogen and oxygen atoms in total. The van der Waals surface area contributed by atoms with E-state index in [9.17, 15) is 39.2 Å². The van der Waals surface area contributed by atoms with Gasteiger partial charge in [-0.3, -0.25) is 0 Å². The van der Waals surface area contributed by atoms with Gasteiger partial charge in [0, 0.05) is 18.1 Å². The van der Waals surface area contributed by atoms with Crippen molar-refractivity contribution in [1.29, 1.82) is 0 Å². The Kier molecular flexibility index (Phi) is 9.01. The van der Waals surface area contributed by atoms with Crippen LogP contribution in [0.15, 0.2) is 12.2 Å². The molecule has 0 aliphatic rings. The fraction of sp³-hybridized carbons (Fsp3) is 0.733. The van der Waals surface area contributed by atoms with Crippen LogP contribution in [0.25, 0.3) is 0 Å². The van der Waals surface area contributed by atoms with Gasteiger partial charge in [0.2, 0.25) is 5.67 Å². The zero-order valence-electron chi connectivity index (χ0n) is 16.7. The van der Waals surface area contributed by atoms with Gasteiger partial charge in [-0.1, -0.05) is 13.5 Å². The van der Waals surface area contributed by atoms with Gasteiger partial charge in [-0.05, 0) is 20.3 Å². The number of alkyl halides is 1. The Hall–Kier alpha value is -1.54.